The van der Waals surface area contributed by atoms with Gasteiger partial charge in [-0.25, -0.2) is 0 Å². The Kier molecular flexibility index (Phi) is 2.08. The van der Waals surface area contributed by atoms with Crippen LogP contribution in [0.25, 0.3) is 11.1 Å². The highest BCUT2D eigenvalue weighted by Crippen LogP contribution is 2.41. The fourth-order valence-electron chi connectivity index (χ4n) is 2.26. The minimum atomic E-state index is 0.714. The quantitative estimate of drug-likeness (QED) is 0.608. The summed E-state index contributed by atoms with van der Waals surface area (Å²) >= 11 is 3.53. The van der Waals surface area contributed by atoms with Gasteiger partial charge in [0.1, 0.15) is 6.07 Å². The Morgan fingerprint density at radius 3 is 2.69 bits per heavy atom. The van der Waals surface area contributed by atoms with E-state index in [-0.39, 0.29) is 0 Å². The van der Waals surface area contributed by atoms with Gasteiger partial charge in [0.2, 0.25) is 0 Å². The summed E-state index contributed by atoms with van der Waals surface area (Å²) in [6.45, 7) is 0. The zero-order valence-electron chi connectivity index (χ0n) is 8.50. The Labute approximate surface area is 102 Å². The molecule has 0 unspecified atom stereocenters. The largest absolute Gasteiger partial charge is 0.192 e. The average Bonchev–Trinajstić information content (AvgIpc) is 2.69. The Balaban J connectivity index is 2.29. The summed E-state index contributed by atoms with van der Waals surface area (Å²) in [5.74, 6) is 0. The van der Waals surface area contributed by atoms with E-state index in [1.54, 1.807) is 0 Å². The monoisotopic (exact) mass is 269 g/mol. The molecular formula is C14H8BrN. The van der Waals surface area contributed by atoms with Crippen LogP contribution >= 0.6 is 15.9 Å². The van der Waals surface area contributed by atoms with Crippen LogP contribution in [-0.2, 0) is 6.42 Å². The molecular weight excluding hydrogens is 262 g/mol. The van der Waals surface area contributed by atoms with E-state index < -0.39 is 0 Å². The third-order valence-electron chi connectivity index (χ3n) is 3.04. The van der Waals surface area contributed by atoms with Crippen LogP contribution in [0.5, 0.6) is 0 Å². The van der Waals surface area contributed by atoms with Gasteiger partial charge in [-0.05, 0) is 50.7 Å². The number of fused-ring (bicyclic) bond motifs is 3. The lowest BCUT2D eigenvalue weighted by molar-refractivity contribution is 1.24. The molecule has 0 amide bonds. The van der Waals surface area contributed by atoms with E-state index >= 15 is 0 Å². The molecule has 0 saturated heterocycles. The summed E-state index contributed by atoms with van der Waals surface area (Å²) in [4.78, 5) is 0. The van der Waals surface area contributed by atoms with E-state index in [0.717, 1.165) is 10.9 Å². The van der Waals surface area contributed by atoms with Crippen LogP contribution in [0.15, 0.2) is 40.9 Å². The van der Waals surface area contributed by atoms with Crippen LogP contribution in [0, 0.1) is 11.3 Å². The minimum Gasteiger partial charge on any atom is -0.192 e. The van der Waals surface area contributed by atoms with Crippen molar-refractivity contribution in [2.45, 2.75) is 6.42 Å². The van der Waals surface area contributed by atoms with Crippen molar-refractivity contribution < 1.29 is 0 Å². The van der Waals surface area contributed by atoms with E-state index in [4.69, 9.17) is 5.26 Å². The number of nitriles is 1. The topological polar surface area (TPSA) is 23.8 Å². The van der Waals surface area contributed by atoms with Crippen molar-refractivity contribution in [2.75, 3.05) is 0 Å². The second kappa shape index (κ2) is 3.47. The normalized spacial score (nSPS) is 11.8. The zero-order valence-corrected chi connectivity index (χ0v) is 10.1. The zero-order chi connectivity index (χ0) is 11.1. The first-order valence-corrected chi connectivity index (χ1v) is 5.90. The molecule has 0 bridgehead atoms. The summed E-state index contributed by atoms with van der Waals surface area (Å²) in [7, 11) is 0. The third-order valence-corrected chi connectivity index (χ3v) is 3.94. The van der Waals surface area contributed by atoms with Crippen LogP contribution in [0.1, 0.15) is 16.7 Å². The number of hydrogen-bond acceptors (Lipinski definition) is 1. The molecule has 3 rings (SSSR count). The summed E-state index contributed by atoms with van der Waals surface area (Å²) in [5, 5.41) is 8.99. The first kappa shape index (κ1) is 9.62. The second-order valence-corrected chi connectivity index (χ2v) is 4.69. The Hall–Kier alpha value is -1.59. The van der Waals surface area contributed by atoms with Crippen molar-refractivity contribution in [2.24, 2.45) is 0 Å². The van der Waals surface area contributed by atoms with Crippen molar-refractivity contribution in [3.05, 3.63) is 57.6 Å². The summed E-state index contributed by atoms with van der Waals surface area (Å²) < 4.78 is 0.948. The highest BCUT2D eigenvalue weighted by molar-refractivity contribution is 9.10. The molecule has 0 N–H and O–H groups in total. The minimum absolute atomic E-state index is 0.714. The van der Waals surface area contributed by atoms with Gasteiger partial charge in [0.15, 0.2) is 0 Å². The maximum atomic E-state index is 8.99. The summed E-state index contributed by atoms with van der Waals surface area (Å²) in [6.07, 6.45) is 0.918. The highest BCUT2D eigenvalue weighted by Gasteiger charge is 2.21. The molecule has 0 aromatic heterocycles. The van der Waals surface area contributed by atoms with Gasteiger partial charge >= 0.3 is 0 Å². The predicted octanol–water partition coefficient (Wildman–Crippen LogP) is 3.89. The van der Waals surface area contributed by atoms with Crippen LogP contribution in [0.3, 0.4) is 0 Å². The number of nitrogens with zero attached hydrogens (tertiary/aromatic N) is 1. The number of halogens is 1. The van der Waals surface area contributed by atoms with Crippen molar-refractivity contribution in [3.8, 4) is 17.2 Å². The molecule has 1 nitrogen and oxygen atoms in total. The standard InChI is InChI=1S/C14H8BrN/c15-14-10(8-16)5-6-12-11-4-2-1-3-9(11)7-13(12)14/h1-6H,7H2. The third kappa shape index (κ3) is 1.22. The smallest absolute Gasteiger partial charge is 0.100 e. The fourth-order valence-corrected chi connectivity index (χ4v) is 2.83. The first-order valence-electron chi connectivity index (χ1n) is 5.11. The van der Waals surface area contributed by atoms with Gasteiger partial charge in [0.25, 0.3) is 0 Å². The van der Waals surface area contributed by atoms with Gasteiger partial charge in [-0.2, -0.15) is 5.26 Å². The van der Waals surface area contributed by atoms with E-state index in [1.807, 2.05) is 12.1 Å². The van der Waals surface area contributed by atoms with Gasteiger partial charge in [-0.3, -0.25) is 0 Å². The van der Waals surface area contributed by atoms with Crippen molar-refractivity contribution in [1.82, 2.24) is 0 Å². The molecule has 0 radical (unpaired) electrons. The van der Waals surface area contributed by atoms with Crippen molar-refractivity contribution in [3.63, 3.8) is 0 Å². The number of benzene rings is 2. The number of rotatable bonds is 0. The predicted molar refractivity (Wildman–Crippen MR) is 67.1 cm³/mol. The van der Waals surface area contributed by atoms with Crippen LogP contribution in [0.4, 0.5) is 0 Å². The SMILES string of the molecule is N#Cc1ccc2c(c1Br)Cc1ccccc1-2. The van der Waals surface area contributed by atoms with E-state index in [0.29, 0.717) is 5.56 Å². The lowest BCUT2D eigenvalue weighted by Gasteiger charge is -2.03. The molecule has 1 aliphatic rings. The molecule has 0 spiro atoms. The maximum absolute atomic E-state index is 8.99. The van der Waals surface area contributed by atoms with Gasteiger partial charge in [0, 0.05) is 4.47 Å². The Morgan fingerprint density at radius 2 is 1.88 bits per heavy atom. The molecule has 76 valence electrons. The first-order chi connectivity index (χ1) is 7.81. The van der Waals surface area contributed by atoms with Crippen molar-refractivity contribution in [1.29, 1.82) is 5.26 Å². The molecule has 0 aliphatic heterocycles. The molecule has 0 heterocycles. The molecule has 2 aromatic carbocycles. The summed E-state index contributed by atoms with van der Waals surface area (Å²) in [5.41, 5.74) is 5.84. The molecule has 0 atom stereocenters. The van der Waals surface area contributed by atoms with Gasteiger partial charge in [-0.15, -0.1) is 0 Å². The second-order valence-electron chi connectivity index (χ2n) is 3.90. The molecule has 0 saturated carbocycles. The Morgan fingerprint density at radius 1 is 1.06 bits per heavy atom. The molecule has 16 heavy (non-hydrogen) atoms. The van der Waals surface area contributed by atoms with Crippen LogP contribution in [0.2, 0.25) is 0 Å². The Bertz CT molecular complexity index is 623. The van der Waals surface area contributed by atoms with E-state index in [2.05, 4.69) is 46.3 Å². The molecule has 2 aromatic rings. The number of hydrogen-bond donors (Lipinski definition) is 0. The fraction of sp³-hybridized carbons (Fsp3) is 0.0714. The lowest BCUT2D eigenvalue weighted by atomic mass is 10.0. The van der Waals surface area contributed by atoms with Crippen molar-refractivity contribution >= 4 is 15.9 Å². The average molecular weight is 270 g/mol. The van der Waals surface area contributed by atoms with Gasteiger partial charge in [-0.1, -0.05) is 30.3 Å². The van der Waals surface area contributed by atoms with E-state index in [9.17, 15) is 0 Å². The van der Waals surface area contributed by atoms with Crippen LogP contribution < -0.4 is 0 Å². The van der Waals surface area contributed by atoms with Gasteiger partial charge in [0.05, 0.1) is 5.56 Å². The van der Waals surface area contributed by atoms with Crippen LogP contribution in [-0.4, -0.2) is 0 Å². The van der Waals surface area contributed by atoms with Gasteiger partial charge < -0.3 is 0 Å². The molecule has 1 aliphatic carbocycles. The highest BCUT2D eigenvalue weighted by atomic mass is 79.9. The molecule has 2 heteroatoms. The summed E-state index contributed by atoms with van der Waals surface area (Å²) in [6, 6.07) is 14.5. The van der Waals surface area contributed by atoms with E-state index in [1.165, 1.54) is 22.3 Å². The molecule has 0 fully saturated rings. The maximum Gasteiger partial charge on any atom is 0.100 e. The lowest BCUT2D eigenvalue weighted by Crippen LogP contribution is -1.86.